The Morgan fingerprint density at radius 2 is 2.10 bits per heavy atom. The van der Waals surface area contributed by atoms with E-state index in [1.54, 1.807) is 0 Å². The van der Waals surface area contributed by atoms with E-state index in [0.29, 0.717) is 18.9 Å². The van der Waals surface area contributed by atoms with Crippen LogP contribution in [0.2, 0.25) is 0 Å². The lowest BCUT2D eigenvalue weighted by Gasteiger charge is -2.21. The molecule has 2 rings (SSSR count). The fourth-order valence-electron chi connectivity index (χ4n) is 2.58. The van der Waals surface area contributed by atoms with Gasteiger partial charge in [0.05, 0.1) is 12.1 Å². The SMILES string of the molecule is CC(C)CO[C@@H]1CCN(C(=O)[C@@H](N)Cc2ccccc2)C1. The molecule has 1 amide bonds. The summed E-state index contributed by atoms with van der Waals surface area (Å²) in [7, 11) is 0. The molecule has 4 heteroatoms. The highest BCUT2D eigenvalue weighted by Gasteiger charge is 2.29. The third kappa shape index (κ3) is 4.83. The van der Waals surface area contributed by atoms with E-state index in [-0.39, 0.29) is 12.0 Å². The number of likely N-dealkylation sites (tertiary alicyclic amines) is 1. The number of hydrogen-bond acceptors (Lipinski definition) is 3. The lowest BCUT2D eigenvalue weighted by molar-refractivity contribution is -0.132. The van der Waals surface area contributed by atoms with Crippen LogP contribution in [0.4, 0.5) is 0 Å². The van der Waals surface area contributed by atoms with Gasteiger partial charge >= 0.3 is 0 Å². The molecule has 2 atom stereocenters. The Balaban J connectivity index is 1.81. The van der Waals surface area contributed by atoms with Gasteiger partial charge in [-0.3, -0.25) is 4.79 Å². The second-order valence-corrected chi connectivity index (χ2v) is 6.22. The van der Waals surface area contributed by atoms with Gasteiger partial charge in [0.15, 0.2) is 0 Å². The zero-order chi connectivity index (χ0) is 15.2. The van der Waals surface area contributed by atoms with Crippen LogP contribution in [0, 0.1) is 5.92 Å². The number of hydrogen-bond donors (Lipinski definition) is 1. The molecule has 21 heavy (non-hydrogen) atoms. The zero-order valence-electron chi connectivity index (χ0n) is 13.0. The molecule has 0 aliphatic carbocycles. The van der Waals surface area contributed by atoms with Crippen LogP contribution in [0.5, 0.6) is 0 Å². The van der Waals surface area contributed by atoms with Gasteiger partial charge in [-0.2, -0.15) is 0 Å². The third-order valence-electron chi connectivity index (χ3n) is 3.74. The fraction of sp³-hybridized carbons (Fsp3) is 0.588. The van der Waals surface area contributed by atoms with Gasteiger partial charge in [-0.1, -0.05) is 44.2 Å². The number of carbonyl (C=O) groups excluding carboxylic acids is 1. The van der Waals surface area contributed by atoms with Crippen LogP contribution >= 0.6 is 0 Å². The van der Waals surface area contributed by atoms with E-state index in [4.69, 9.17) is 10.5 Å². The molecule has 0 radical (unpaired) electrons. The summed E-state index contributed by atoms with van der Waals surface area (Å²) in [4.78, 5) is 14.2. The second-order valence-electron chi connectivity index (χ2n) is 6.22. The van der Waals surface area contributed by atoms with Crippen molar-refractivity contribution in [1.29, 1.82) is 0 Å². The molecule has 0 bridgehead atoms. The van der Waals surface area contributed by atoms with Crippen LogP contribution in [-0.4, -0.2) is 42.6 Å². The van der Waals surface area contributed by atoms with Crippen molar-refractivity contribution in [3.05, 3.63) is 35.9 Å². The van der Waals surface area contributed by atoms with E-state index >= 15 is 0 Å². The molecule has 1 aromatic carbocycles. The number of benzene rings is 1. The van der Waals surface area contributed by atoms with E-state index in [1.165, 1.54) is 0 Å². The van der Waals surface area contributed by atoms with Crippen LogP contribution in [0.25, 0.3) is 0 Å². The van der Waals surface area contributed by atoms with Crippen molar-refractivity contribution < 1.29 is 9.53 Å². The Morgan fingerprint density at radius 3 is 2.76 bits per heavy atom. The van der Waals surface area contributed by atoms with Crippen LogP contribution in [0.15, 0.2) is 30.3 Å². The first kappa shape index (κ1) is 16.0. The Hall–Kier alpha value is -1.39. The Bertz CT molecular complexity index is 447. The van der Waals surface area contributed by atoms with Crippen molar-refractivity contribution in [2.75, 3.05) is 19.7 Å². The Morgan fingerprint density at radius 1 is 1.38 bits per heavy atom. The van der Waals surface area contributed by atoms with Crippen molar-refractivity contribution in [2.45, 2.75) is 38.8 Å². The largest absolute Gasteiger partial charge is 0.376 e. The summed E-state index contributed by atoms with van der Waals surface area (Å²) in [6.45, 7) is 6.45. The highest BCUT2D eigenvalue weighted by atomic mass is 16.5. The standard InChI is InChI=1S/C17H26N2O2/c1-13(2)12-21-15-8-9-19(11-15)17(20)16(18)10-14-6-4-3-5-7-14/h3-7,13,15-16H,8-12,18H2,1-2H3/t15-,16+/m1/s1. The van der Waals surface area contributed by atoms with Crippen molar-refractivity contribution in [2.24, 2.45) is 11.7 Å². The molecule has 0 unspecified atom stereocenters. The van der Waals surface area contributed by atoms with Crippen molar-refractivity contribution in [3.63, 3.8) is 0 Å². The predicted octanol–water partition coefficient (Wildman–Crippen LogP) is 1.83. The summed E-state index contributed by atoms with van der Waals surface area (Å²) < 4.78 is 5.81. The van der Waals surface area contributed by atoms with E-state index in [1.807, 2.05) is 35.2 Å². The van der Waals surface area contributed by atoms with E-state index < -0.39 is 6.04 Å². The predicted molar refractivity (Wildman–Crippen MR) is 83.9 cm³/mol. The van der Waals surface area contributed by atoms with Gasteiger partial charge in [-0.15, -0.1) is 0 Å². The summed E-state index contributed by atoms with van der Waals surface area (Å²) in [5.41, 5.74) is 7.17. The molecule has 116 valence electrons. The zero-order valence-corrected chi connectivity index (χ0v) is 13.0. The van der Waals surface area contributed by atoms with Gasteiger partial charge in [0, 0.05) is 19.7 Å². The second kappa shape index (κ2) is 7.57. The smallest absolute Gasteiger partial charge is 0.239 e. The summed E-state index contributed by atoms with van der Waals surface area (Å²) in [6, 6.07) is 9.46. The van der Waals surface area contributed by atoms with E-state index in [2.05, 4.69) is 13.8 Å². The third-order valence-corrected chi connectivity index (χ3v) is 3.74. The minimum atomic E-state index is -0.462. The minimum absolute atomic E-state index is 0.0366. The normalized spacial score (nSPS) is 20.0. The first-order valence-electron chi connectivity index (χ1n) is 7.76. The maximum absolute atomic E-state index is 12.4. The molecule has 1 aromatic rings. The fourth-order valence-corrected chi connectivity index (χ4v) is 2.58. The monoisotopic (exact) mass is 290 g/mol. The molecule has 1 heterocycles. The van der Waals surface area contributed by atoms with E-state index in [0.717, 1.165) is 25.1 Å². The summed E-state index contributed by atoms with van der Waals surface area (Å²) in [5.74, 6) is 0.560. The van der Waals surface area contributed by atoms with Gasteiger partial charge in [-0.25, -0.2) is 0 Å². The average Bonchev–Trinajstić information content (AvgIpc) is 2.94. The molecule has 1 aliphatic rings. The van der Waals surface area contributed by atoms with Crippen LogP contribution in [-0.2, 0) is 16.0 Å². The molecule has 4 nitrogen and oxygen atoms in total. The average molecular weight is 290 g/mol. The van der Waals surface area contributed by atoms with E-state index in [9.17, 15) is 4.79 Å². The molecular formula is C17H26N2O2. The van der Waals surface area contributed by atoms with Gasteiger partial charge < -0.3 is 15.4 Å². The van der Waals surface area contributed by atoms with Crippen molar-refractivity contribution in [1.82, 2.24) is 4.90 Å². The summed E-state index contributed by atoms with van der Waals surface area (Å²) in [5, 5.41) is 0. The maximum atomic E-state index is 12.4. The highest BCUT2D eigenvalue weighted by molar-refractivity contribution is 5.82. The van der Waals surface area contributed by atoms with Crippen LogP contribution < -0.4 is 5.73 Å². The number of rotatable bonds is 6. The molecule has 2 N–H and O–H groups in total. The summed E-state index contributed by atoms with van der Waals surface area (Å²) >= 11 is 0. The number of carbonyl (C=O) groups is 1. The molecule has 0 aromatic heterocycles. The first-order valence-corrected chi connectivity index (χ1v) is 7.76. The minimum Gasteiger partial charge on any atom is -0.376 e. The Kier molecular flexibility index (Phi) is 5.76. The first-order chi connectivity index (χ1) is 10.1. The number of nitrogens with two attached hydrogens (primary N) is 1. The van der Waals surface area contributed by atoms with Crippen LogP contribution in [0.1, 0.15) is 25.8 Å². The molecule has 0 saturated carbocycles. The van der Waals surface area contributed by atoms with Gasteiger partial charge in [0.25, 0.3) is 0 Å². The lowest BCUT2D eigenvalue weighted by atomic mass is 10.1. The van der Waals surface area contributed by atoms with Gasteiger partial charge in [0.2, 0.25) is 5.91 Å². The number of ether oxygens (including phenoxy) is 1. The lowest BCUT2D eigenvalue weighted by Crippen LogP contribution is -2.44. The topological polar surface area (TPSA) is 55.6 Å². The quantitative estimate of drug-likeness (QED) is 0.869. The highest BCUT2D eigenvalue weighted by Crippen LogP contribution is 2.15. The van der Waals surface area contributed by atoms with Crippen LogP contribution in [0.3, 0.4) is 0 Å². The summed E-state index contributed by atoms with van der Waals surface area (Å²) in [6.07, 6.45) is 1.67. The Labute approximate surface area is 127 Å². The van der Waals surface area contributed by atoms with Crippen molar-refractivity contribution >= 4 is 5.91 Å². The van der Waals surface area contributed by atoms with Crippen molar-refractivity contribution in [3.8, 4) is 0 Å². The van der Waals surface area contributed by atoms with Gasteiger partial charge in [-0.05, 0) is 24.3 Å². The molecule has 0 spiro atoms. The molecular weight excluding hydrogens is 264 g/mol. The molecule has 1 aliphatic heterocycles. The number of nitrogens with zero attached hydrogens (tertiary/aromatic N) is 1. The molecule has 1 fully saturated rings. The number of amides is 1. The van der Waals surface area contributed by atoms with Gasteiger partial charge in [0.1, 0.15) is 0 Å². The maximum Gasteiger partial charge on any atom is 0.239 e. The molecule has 1 saturated heterocycles.